The Hall–Kier alpha value is -2.58. The second-order valence-electron chi connectivity index (χ2n) is 8.63. The fourth-order valence-corrected chi connectivity index (χ4v) is 6.78. The van der Waals surface area contributed by atoms with E-state index in [1.165, 1.54) is 23.5 Å². The summed E-state index contributed by atoms with van der Waals surface area (Å²) in [4.78, 5) is 9.77. The summed E-state index contributed by atoms with van der Waals surface area (Å²) in [6.07, 6.45) is 7.64. The first kappa shape index (κ1) is 19.1. The molecule has 0 aliphatic carbocycles. The predicted molar refractivity (Wildman–Crippen MR) is 119 cm³/mol. The number of anilines is 1. The lowest BCUT2D eigenvalue weighted by atomic mass is 9.99. The molecule has 0 spiro atoms. The predicted octanol–water partition coefficient (Wildman–Crippen LogP) is 2.88. The minimum atomic E-state index is -3.77. The molecule has 31 heavy (non-hydrogen) atoms. The Kier molecular flexibility index (Phi) is 4.47. The summed E-state index contributed by atoms with van der Waals surface area (Å²) in [5, 5.41) is 0. The first-order chi connectivity index (χ1) is 15.1. The van der Waals surface area contributed by atoms with Crippen LogP contribution in [-0.2, 0) is 16.4 Å². The van der Waals surface area contributed by atoms with E-state index >= 15 is 0 Å². The van der Waals surface area contributed by atoms with Gasteiger partial charge >= 0.3 is 0 Å². The topological polar surface area (TPSA) is 67.7 Å². The first-order valence-electron chi connectivity index (χ1n) is 11.1. The number of pyridine rings is 1. The SMILES string of the molecule is O=S(=O)(c1cccc2c1CCO2)n1cc(N2CCC(N3CCC3)CC2)c2ncccc21. The van der Waals surface area contributed by atoms with Crippen LogP contribution in [-0.4, -0.2) is 61.1 Å². The standard InChI is InChI=1S/C23H26N4O3S/c28-31(29,22-6-1-5-21-18(22)9-15-30-21)27-16-20(23-19(27)4-2-10-24-23)26-13-7-17(8-14-26)25-11-3-12-25/h1-2,4-6,10,16-17H,3,7-9,11-15H2. The second-order valence-corrected chi connectivity index (χ2v) is 10.4. The van der Waals surface area contributed by atoms with E-state index in [9.17, 15) is 8.42 Å². The lowest BCUT2D eigenvalue weighted by molar-refractivity contribution is 0.100. The molecule has 6 rings (SSSR count). The minimum absolute atomic E-state index is 0.325. The molecule has 3 aromatic rings. The molecule has 8 heteroatoms. The molecule has 0 atom stereocenters. The normalized spacial score (nSPS) is 19.9. The van der Waals surface area contributed by atoms with Crippen LogP contribution in [0.25, 0.3) is 11.0 Å². The van der Waals surface area contributed by atoms with E-state index in [4.69, 9.17) is 4.74 Å². The van der Waals surface area contributed by atoms with Gasteiger partial charge in [-0.05, 0) is 56.6 Å². The van der Waals surface area contributed by atoms with E-state index < -0.39 is 10.0 Å². The molecule has 0 N–H and O–H groups in total. The van der Waals surface area contributed by atoms with Crippen molar-refractivity contribution in [1.29, 1.82) is 0 Å². The van der Waals surface area contributed by atoms with Crippen LogP contribution in [0.5, 0.6) is 5.75 Å². The van der Waals surface area contributed by atoms with Crippen LogP contribution in [0.2, 0.25) is 0 Å². The molecule has 0 bridgehead atoms. The van der Waals surface area contributed by atoms with Crippen molar-refractivity contribution < 1.29 is 13.2 Å². The zero-order valence-electron chi connectivity index (χ0n) is 17.4. The van der Waals surface area contributed by atoms with E-state index in [0.717, 1.165) is 42.7 Å². The van der Waals surface area contributed by atoms with Crippen molar-refractivity contribution in [2.75, 3.05) is 37.7 Å². The Bertz CT molecular complexity index is 1240. The largest absolute Gasteiger partial charge is 0.493 e. The average molecular weight is 439 g/mol. The molecule has 3 aliphatic rings. The summed E-state index contributed by atoms with van der Waals surface area (Å²) >= 11 is 0. The summed E-state index contributed by atoms with van der Waals surface area (Å²) in [6, 6.07) is 9.57. The Morgan fingerprint density at radius 1 is 1.03 bits per heavy atom. The van der Waals surface area contributed by atoms with E-state index in [1.54, 1.807) is 30.6 Å². The Labute approximate surface area is 182 Å². The van der Waals surface area contributed by atoms with E-state index in [0.29, 0.717) is 35.2 Å². The third kappa shape index (κ3) is 3.03. The van der Waals surface area contributed by atoms with Crippen LogP contribution in [0.4, 0.5) is 5.69 Å². The molecular formula is C23H26N4O3S. The highest BCUT2D eigenvalue weighted by Crippen LogP contribution is 2.36. The molecule has 0 radical (unpaired) electrons. The van der Waals surface area contributed by atoms with Gasteiger partial charge in [-0.2, -0.15) is 0 Å². The van der Waals surface area contributed by atoms with Crippen molar-refractivity contribution in [3.8, 4) is 5.75 Å². The lowest BCUT2D eigenvalue weighted by Crippen LogP contribution is -2.50. The Morgan fingerprint density at radius 2 is 1.87 bits per heavy atom. The van der Waals surface area contributed by atoms with Gasteiger partial charge in [-0.1, -0.05) is 6.07 Å². The molecule has 162 valence electrons. The summed E-state index contributed by atoms with van der Waals surface area (Å²) in [5.74, 6) is 0.670. The number of benzene rings is 1. The summed E-state index contributed by atoms with van der Waals surface area (Å²) in [6.45, 7) is 4.80. The van der Waals surface area contributed by atoms with Crippen LogP contribution in [0.1, 0.15) is 24.8 Å². The van der Waals surface area contributed by atoms with Gasteiger partial charge in [0.25, 0.3) is 10.0 Å². The molecule has 0 unspecified atom stereocenters. The van der Waals surface area contributed by atoms with Crippen molar-refractivity contribution in [2.24, 2.45) is 0 Å². The third-order valence-corrected chi connectivity index (χ3v) is 8.71. The molecule has 2 fully saturated rings. The van der Waals surface area contributed by atoms with E-state index in [1.807, 2.05) is 12.1 Å². The van der Waals surface area contributed by atoms with Crippen LogP contribution in [0.15, 0.2) is 47.6 Å². The summed E-state index contributed by atoms with van der Waals surface area (Å²) in [5.41, 5.74) is 3.05. The van der Waals surface area contributed by atoms with Gasteiger partial charge in [0, 0.05) is 43.5 Å². The van der Waals surface area contributed by atoms with E-state index in [-0.39, 0.29) is 0 Å². The van der Waals surface area contributed by atoms with Crippen LogP contribution < -0.4 is 9.64 Å². The maximum absolute atomic E-state index is 13.7. The number of aromatic nitrogens is 2. The number of ether oxygens (including phenoxy) is 1. The molecule has 3 aliphatic heterocycles. The maximum atomic E-state index is 13.7. The summed E-state index contributed by atoms with van der Waals surface area (Å²) in [7, 11) is -3.77. The zero-order chi connectivity index (χ0) is 21.0. The molecule has 2 aromatic heterocycles. The van der Waals surface area contributed by atoms with Crippen molar-refractivity contribution in [3.63, 3.8) is 0 Å². The van der Waals surface area contributed by atoms with Gasteiger partial charge in [0.05, 0.1) is 22.7 Å². The molecule has 0 saturated carbocycles. The zero-order valence-corrected chi connectivity index (χ0v) is 18.2. The van der Waals surface area contributed by atoms with Gasteiger partial charge < -0.3 is 14.5 Å². The lowest BCUT2D eigenvalue weighted by Gasteiger charge is -2.43. The number of nitrogens with zero attached hydrogens (tertiary/aromatic N) is 4. The number of piperidine rings is 1. The molecule has 2 saturated heterocycles. The Balaban J connectivity index is 1.39. The number of fused-ring (bicyclic) bond motifs is 2. The van der Waals surface area contributed by atoms with Gasteiger partial charge in [-0.3, -0.25) is 4.98 Å². The van der Waals surface area contributed by atoms with Gasteiger partial charge in [-0.15, -0.1) is 0 Å². The first-order valence-corrected chi connectivity index (χ1v) is 12.5. The summed E-state index contributed by atoms with van der Waals surface area (Å²) < 4.78 is 34.5. The minimum Gasteiger partial charge on any atom is -0.493 e. The Morgan fingerprint density at radius 3 is 2.65 bits per heavy atom. The van der Waals surface area contributed by atoms with E-state index in [2.05, 4.69) is 14.8 Å². The fraction of sp³-hybridized carbons (Fsp3) is 0.435. The number of hydrogen-bond acceptors (Lipinski definition) is 6. The molecule has 5 heterocycles. The molecule has 1 aromatic carbocycles. The number of likely N-dealkylation sites (tertiary alicyclic amines) is 1. The van der Waals surface area contributed by atoms with Crippen LogP contribution >= 0.6 is 0 Å². The highest BCUT2D eigenvalue weighted by molar-refractivity contribution is 7.90. The molecular weight excluding hydrogens is 412 g/mol. The number of hydrogen-bond donors (Lipinski definition) is 0. The van der Waals surface area contributed by atoms with Crippen molar-refractivity contribution >= 4 is 26.7 Å². The van der Waals surface area contributed by atoms with Gasteiger partial charge in [0.2, 0.25) is 0 Å². The smallest absolute Gasteiger partial charge is 0.268 e. The highest BCUT2D eigenvalue weighted by Gasteiger charge is 2.32. The average Bonchev–Trinajstić information content (AvgIpc) is 3.38. The van der Waals surface area contributed by atoms with Crippen molar-refractivity contribution in [2.45, 2.75) is 36.6 Å². The van der Waals surface area contributed by atoms with Crippen LogP contribution in [0.3, 0.4) is 0 Å². The molecule has 0 amide bonds. The second kappa shape index (κ2) is 7.24. The van der Waals surface area contributed by atoms with Crippen molar-refractivity contribution in [1.82, 2.24) is 13.9 Å². The monoisotopic (exact) mass is 438 g/mol. The maximum Gasteiger partial charge on any atom is 0.268 e. The van der Waals surface area contributed by atoms with Crippen LogP contribution in [0, 0.1) is 0 Å². The van der Waals surface area contributed by atoms with Gasteiger partial charge in [-0.25, -0.2) is 12.4 Å². The quantitative estimate of drug-likeness (QED) is 0.624. The van der Waals surface area contributed by atoms with Crippen molar-refractivity contribution in [3.05, 3.63) is 48.3 Å². The highest BCUT2D eigenvalue weighted by atomic mass is 32.2. The van der Waals surface area contributed by atoms with Gasteiger partial charge in [0.1, 0.15) is 11.3 Å². The number of rotatable bonds is 4. The van der Waals surface area contributed by atoms with Gasteiger partial charge in [0.15, 0.2) is 0 Å². The molecule has 7 nitrogen and oxygen atoms in total. The third-order valence-electron chi connectivity index (χ3n) is 6.95. The fourth-order valence-electron chi connectivity index (χ4n) is 5.16.